The van der Waals surface area contributed by atoms with Crippen LogP contribution in [0.5, 0.6) is 0 Å². The van der Waals surface area contributed by atoms with Crippen LogP contribution in [0.25, 0.3) is 10.9 Å². The van der Waals surface area contributed by atoms with Crippen molar-refractivity contribution in [3.05, 3.63) is 36.0 Å². The fourth-order valence-electron chi connectivity index (χ4n) is 2.32. The minimum Gasteiger partial charge on any atom is -0.351 e. The van der Waals surface area contributed by atoms with Gasteiger partial charge in [-0.3, -0.25) is 4.79 Å². The number of H-pyrrole nitrogens is 1. The van der Waals surface area contributed by atoms with E-state index in [1.807, 2.05) is 42.3 Å². The summed E-state index contributed by atoms with van der Waals surface area (Å²) in [6.45, 7) is 0. The fourth-order valence-corrected chi connectivity index (χ4v) is 2.32. The first-order valence-electron chi connectivity index (χ1n) is 6.10. The van der Waals surface area contributed by atoms with E-state index in [-0.39, 0.29) is 5.91 Å². The van der Waals surface area contributed by atoms with Crippen molar-refractivity contribution in [2.24, 2.45) is 0 Å². The zero-order valence-corrected chi connectivity index (χ0v) is 9.94. The van der Waals surface area contributed by atoms with Gasteiger partial charge in [0.05, 0.1) is 0 Å². The molecule has 1 N–H and O–H groups in total. The number of nitrogens with zero attached hydrogens (tertiary/aromatic N) is 1. The van der Waals surface area contributed by atoms with Gasteiger partial charge in [-0.05, 0) is 31.4 Å². The van der Waals surface area contributed by atoms with Crippen LogP contribution in [0.3, 0.4) is 0 Å². The molecule has 0 atom stereocenters. The van der Waals surface area contributed by atoms with Gasteiger partial charge in [-0.1, -0.05) is 18.2 Å². The maximum Gasteiger partial charge on any atom is 0.270 e. The van der Waals surface area contributed by atoms with Gasteiger partial charge in [0, 0.05) is 24.0 Å². The number of carbonyl (C=O) groups excluding carboxylic acids is 1. The monoisotopic (exact) mass is 228 g/mol. The molecule has 0 radical (unpaired) electrons. The second-order valence-corrected chi connectivity index (χ2v) is 4.77. The Bertz CT molecular complexity index is 521. The smallest absolute Gasteiger partial charge is 0.270 e. The highest BCUT2D eigenvalue weighted by atomic mass is 16.2. The summed E-state index contributed by atoms with van der Waals surface area (Å²) in [6.07, 6.45) is 3.53. The summed E-state index contributed by atoms with van der Waals surface area (Å²) in [5, 5.41) is 1.10. The number of carbonyl (C=O) groups is 1. The molecule has 0 spiro atoms. The molecule has 1 aromatic heterocycles. The first-order valence-corrected chi connectivity index (χ1v) is 6.10. The molecular formula is C14H16N2O. The molecule has 0 unspecified atom stereocenters. The van der Waals surface area contributed by atoms with Crippen LogP contribution in [0.15, 0.2) is 30.3 Å². The van der Waals surface area contributed by atoms with Gasteiger partial charge in [-0.25, -0.2) is 0 Å². The number of aromatic amines is 1. The van der Waals surface area contributed by atoms with E-state index in [4.69, 9.17) is 0 Å². The SMILES string of the molecule is CN(C(=O)c1cc2ccccc2[nH]1)C1CCC1. The highest BCUT2D eigenvalue weighted by Gasteiger charge is 2.26. The number of para-hydroxylation sites is 1. The van der Waals surface area contributed by atoms with Crippen molar-refractivity contribution in [3.8, 4) is 0 Å². The van der Waals surface area contributed by atoms with Crippen LogP contribution in [0.4, 0.5) is 0 Å². The van der Waals surface area contributed by atoms with Crippen molar-refractivity contribution in [3.63, 3.8) is 0 Å². The Morgan fingerprint density at radius 2 is 2.12 bits per heavy atom. The van der Waals surface area contributed by atoms with E-state index >= 15 is 0 Å². The number of fused-ring (bicyclic) bond motifs is 1. The third kappa shape index (κ3) is 1.71. The molecule has 1 aliphatic rings. The summed E-state index contributed by atoms with van der Waals surface area (Å²) in [7, 11) is 1.90. The highest BCUT2D eigenvalue weighted by Crippen LogP contribution is 2.25. The van der Waals surface area contributed by atoms with Crippen molar-refractivity contribution >= 4 is 16.8 Å². The zero-order valence-electron chi connectivity index (χ0n) is 9.94. The van der Waals surface area contributed by atoms with Gasteiger partial charge < -0.3 is 9.88 Å². The van der Waals surface area contributed by atoms with Crippen molar-refractivity contribution in [2.75, 3.05) is 7.05 Å². The van der Waals surface area contributed by atoms with E-state index in [1.165, 1.54) is 6.42 Å². The van der Waals surface area contributed by atoms with Gasteiger partial charge in [0.15, 0.2) is 0 Å². The molecule has 1 aliphatic carbocycles. The molecule has 1 saturated carbocycles. The summed E-state index contributed by atoms with van der Waals surface area (Å²) in [5.41, 5.74) is 1.72. The molecule has 1 fully saturated rings. The Morgan fingerprint density at radius 3 is 2.76 bits per heavy atom. The second-order valence-electron chi connectivity index (χ2n) is 4.77. The number of benzene rings is 1. The number of aromatic nitrogens is 1. The average molecular weight is 228 g/mol. The molecule has 2 aromatic rings. The average Bonchev–Trinajstić information content (AvgIpc) is 2.68. The largest absolute Gasteiger partial charge is 0.351 e. The van der Waals surface area contributed by atoms with Gasteiger partial charge in [0.25, 0.3) is 5.91 Å². The molecular weight excluding hydrogens is 212 g/mol. The Kier molecular flexibility index (Phi) is 2.39. The van der Waals surface area contributed by atoms with E-state index in [9.17, 15) is 4.79 Å². The van der Waals surface area contributed by atoms with Gasteiger partial charge in [-0.2, -0.15) is 0 Å². The summed E-state index contributed by atoms with van der Waals surface area (Å²) >= 11 is 0. The lowest BCUT2D eigenvalue weighted by molar-refractivity contribution is 0.0647. The predicted octanol–water partition coefficient (Wildman–Crippen LogP) is 2.79. The molecule has 17 heavy (non-hydrogen) atoms. The molecule has 1 aromatic carbocycles. The summed E-state index contributed by atoms with van der Waals surface area (Å²) < 4.78 is 0. The summed E-state index contributed by atoms with van der Waals surface area (Å²) in [6, 6.07) is 10.4. The maximum absolute atomic E-state index is 12.2. The topological polar surface area (TPSA) is 36.1 Å². The van der Waals surface area contributed by atoms with E-state index in [1.54, 1.807) is 0 Å². The molecule has 0 saturated heterocycles. The molecule has 1 amide bonds. The van der Waals surface area contributed by atoms with E-state index < -0.39 is 0 Å². The van der Waals surface area contributed by atoms with Crippen molar-refractivity contribution in [1.82, 2.24) is 9.88 Å². The minimum atomic E-state index is 0.103. The quantitative estimate of drug-likeness (QED) is 0.843. The first-order chi connectivity index (χ1) is 8.25. The zero-order chi connectivity index (χ0) is 11.8. The standard InChI is InChI=1S/C14H16N2O/c1-16(11-6-4-7-11)14(17)13-9-10-5-2-3-8-12(10)15-13/h2-3,5,8-9,11,15H,4,6-7H2,1H3. The van der Waals surface area contributed by atoms with Crippen molar-refractivity contribution < 1.29 is 4.79 Å². The lowest BCUT2D eigenvalue weighted by atomic mass is 9.92. The second kappa shape index (κ2) is 3.91. The first kappa shape index (κ1) is 10.4. The van der Waals surface area contributed by atoms with E-state index in [2.05, 4.69) is 4.98 Å². The van der Waals surface area contributed by atoms with Gasteiger partial charge in [0.1, 0.15) is 5.69 Å². The van der Waals surface area contributed by atoms with Crippen LogP contribution in [0, 0.1) is 0 Å². The van der Waals surface area contributed by atoms with Crippen molar-refractivity contribution in [2.45, 2.75) is 25.3 Å². The molecule has 3 rings (SSSR count). The molecule has 88 valence electrons. The third-order valence-corrected chi connectivity index (χ3v) is 3.70. The van der Waals surface area contributed by atoms with Crippen LogP contribution in [-0.2, 0) is 0 Å². The summed E-state index contributed by atoms with van der Waals surface area (Å²) in [4.78, 5) is 17.3. The molecule has 3 heteroatoms. The van der Waals surface area contributed by atoms with E-state index in [0.717, 1.165) is 23.7 Å². The number of hydrogen-bond donors (Lipinski definition) is 1. The van der Waals surface area contributed by atoms with Crippen LogP contribution in [0.1, 0.15) is 29.8 Å². The Hall–Kier alpha value is -1.77. The van der Waals surface area contributed by atoms with Gasteiger partial charge >= 0.3 is 0 Å². The normalized spacial score (nSPS) is 15.8. The third-order valence-electron chi connectivity index (χ3n) is 3.70. The van der Waals surface area contributed by atoms with Crippen LogP contribution in [-0.4, -0.2) is 28.9 Å². The minimum absolute atomic E-state index is 0.103. The summed E-state index contributed by atoms with van der Waals surface area (Å²) in [5.74, 6) is 0.103. The fraction of sp³-hybridized carbons (Fsp3) is 0.357. The van der Waals surface area contributed by atoms with Crippen molar-refractivity contribution in [1.29, 1.82) is 0 Å². The number of hydrogen-bond acceptors (Lipinski definition) is 1. The Balaban J connectivity index is 1.89. The number of amides is 1. The molecule has 0 aliphatic heterocycles. The molecule has 0 bridgehead atoms. The van der Waals surface area contributed by atoms with Crippen LogP contribution in [0.2, 0.25) is 0 Å². The lowest BCUT2D eigenvalue weighted by Crippen LogP contribution is -2.41. The molecule has 1 heterocycles. The predicted molar refractivity (Wildman–Crippen MR) is 68.0 cm³/mol. The Morgan fingerprint density at radius 1 is 1.35 bits per heavy atom. The number of nitrogens with one attached hydrogen (secondary N) is 1. The maximum atomic E-state index is 12.2. The number of rotatable bonds is 2. The Labute approximate surface area is 100 Å². The van der Waals surface area contributed by atoms with Crippen LogP contribution >= 0.6 is 0 Å². The van der Waals surface area contributed by atoms with Gasteiger partial charge in [-0.15, -0.1) is 0 Å². The van der Waals surface area contributed by atoms with Gasteiger partial charge in [0.2, 0.25) is 0 Å². The lowest BCUT2D eigenvalue weighted by Gasteiger charge is -2.34. The van der Waals surface area contributed by atoms with E-state index in [0.29, 0.717) is 11.7 Å². The highest BCUT2D eigenvalue weighted by molar-refractivity contribution is 5.98. The molecule has 3 nitrogen and oxygen atoms in total. The van der Waals surface area contributed by atoms with Crippen LogP contribution < -0.4 is 0 Å².